The molecule has 0 amide bonds. The zero-order chi connectivity index (χ0) is 16.3. The van der Waals surface area contributed by atoms with Crippen LogP contribution < -0.4 is 0 Å². The highest BCUT2D eigenvalue weighted by molar-refractivity contribution is 8.02. The summed E-state index contributed by atoms with van der Waals surface area (Å²) in [6.07, 6.45) is 10.2. The second kappa shape index (κ2) is 10.9. The molecule has 0 spiro atoms. The minimum Gasteiger partial charge on any atom is -0.0984 e. The molecule has 1 aromatic rings. The lowest BCUT2D eigenvalue weighted by atomic mass is 10.1. The van der Waals surface area contributed by atoms with E-state index in [9.17, 15) is 0 Å². The van der Waals surface area contributed by atoms with Crippen LogP contribution in [0, 0.1) is 0 Å². The molecule has 0 aliphatic rings. The highest BCUT2D eigenvalue weighted by Gasteiger charge is 2.10. The summed E-state index contributed by atoms with van der Waals surface area (Å²) in [6.45, 7) is 9.58. The maximum atomic E-state index is 2.61. The fourth-order valence-corrected chi connectivity index (χ4v) is 4.60. The number of hydrogen-bond acceptors (Lipinski definition) is 1. The van der Waals surface area contributed by atoms with Gasteiger partial charge in [0.1, 0.15) is 0 Å². The Balaban J connectivity index is 2.48. The van der Waals surface area contributed by atoms with E-state index >= 15 is 0 Å². The molecule has 0 N–H and O–H groups in total. The summed E-state index contributed by atoms with van der Waals surface area (Å²) in [5, 5.41) is 2.25. The van der Waals surface area contributed by atoms with Gasteiger partial charge in [-0.1, -0.05) is 93.1 Å². The van der Waals surface area contributed by atoms with Crippen LogP contribution in [0.5, 0.6) is 0 Å². The second-order valence-electron chi connectivity index (χ2n) is 6.99. The molecule has 0 saturated heterocycles. The third kappa shape index (κ3) is 10.1. The first-order chi connectivity index (χ1) is 10.5. The molecule has 0 radical (unpaired) electrons. The molecule has 0 saturated carbocycles. The number of allylic oxidation sites excluding steroid dienone is 2. The topological polar surface area (TPSA) is 0 Å². The molecule has 0 bridgehead atoms. The molecule has 2 heteroatoms. The Labute approximate surface area is 143 Å². The maximum absolute atomic E-state index is 2.61. The Kier molecular flexibility index (Phi) is 9.57. The average Bonchev–Trinajstić information content (AvgIpc) is 2.47. The molecule has 22 heavy (non-hydrogen) atoms. The third-order valence-corrected chi connectivity index (χ3v) is 5.56. The van der Waals surface area contributed by atoms with Gasteiger partial charge in [0.15, 0.2) is 0 Å². The summed E-state index contributed by atoms with van der Waals surface area (Å²) in [6, 6.07) is 10.6. The monoisotopic (exact) mass is 332 g/mol. The van der Waals surface area contributed by atoms with Gasteiger partial charge in [0.2, 0.25) is 0 Å². The Morgan fingerprint density at radius 3 is 2.41 bits per heavy atom. The van der Waals surface area contributed by atoms with Gasteiger partial charge in [-0.15, -0.1) is 0 Å². The quantitative estimate of drug-likeness (QED) is 0.243. The van der Waals surface area contributed by atoms with Gasteiger partial charge in [0.25, 0.3) is 0 Å². The minimum atomic E-state index is -1.12. The largest absolute Gasteiger partial charge is 0.0984 e. The van der Waals surface area contributed by atoms with Crippen LogP contribution in [0.4, 0.5) is 0 Å². The van der Waals surface area contributed by atoms with Crippen molar-refractivity contribution < 1.29 is 0 Å². The molecule has 0 nitrogen and oxygen atoms in total. The van der Waals surface area contributed by atoms with Crippen LogP contribution in [0.2, 0.25) is 19.6 Å². The zero-order valence-electron chi connectivity index (χ0n) is 14.8. The fourth-order valence-electron chi connectivity index (χ4n) is 2.45. The SMILES string of the molecule is CCCCCC/C(=C\[Si](C)(C)C)C/C=C\Sc1ccccc1. The van der Waals surface area contributed by atoms with Gasteiger partial charge in [-0.2, -0.15) is 0 Å². The molecule has 0 aliphatic heterocycles. The van der Waals surface area contributed by atoms with Gasteiger partial charge >= 0.3 is 0 Å². The fraction of sp³-hybridized carbons (Fsp3) is 0.500. The van der Waals surface area contributed by atoms with Crippen LogP contribution in [0.1, 0.15) is 45.4 Å². The lowest BCUT2D eigenvalue weighted by Gasteiger charge is -2.14. The van der Waals surface area contributed by atoms with Crippen LogP contribution >= 0.6 is 11.8 Å². The van der Waals surface area contributed by atoms with Crippen molar-refractivity contribution in [2.24, 2.45) is 0 Å². The molecule has 0 aromatic heterocycles. The van der Waals surface area contributed by atoms with E-state index in [1.165, 1.54) is 37.0 Å². The van der Waals surface area contributed by atoms with Crippen LogP contribution in [0.3, 0.4) is 0 Å². The maximum Gasteiger partial charge on any atom is 0.0686 e. The van der Waals surface area contributed by atoms with Crippen LogP contribution in [0.15, 0.2) is 58.0 Å². The summed E-state index contributed by atoms with van der Waals surface area (Å²) in [5.41, 5.74) is 4.26. The summed E-state index contributed by atoms with van der Waals surface area (Å²) < 4.78 is 0. The lowest BCUT2D eigenvalue weighted by molar-refractivity contribution is 0.661. The van der Waals surface area contributed by atoms with E-state index in [1.54, 1.807) is 5.57 Å². The smallest absolute Gasteiger partial charge is 0.0686 e. The predicted octanol–water partition coefficient (Wildman–Crippen LogP) is 7.46. The standard InChI is InChI=1S/C20H32SSi/c1-5-6-7-9-13-19(18-22(2,3)4)14-12-17-21-20-15-10-8-11-16-20/h8,10-12,15-18H,5-7,9,13-14H2,1-4H3/b17-12-,19-18+. The van der Waals surface area contributed by atoms with Crippen molar-refractivity contribution in [3.8, 4) is 0 Å². The van der Waals surface area contributed by atoms with Crippen molar-refractivity contribution >= 4 is 19.8 Å². The summed E-state index contributed by atoms with van der Waals surface area (Å²) in [4.78, 5) is 1.32. The molecular formula is C20H32SSi. The van der Waals surface area contributed by atoms with Crippen molar-refractivity contribution in [3.05, 3.63) is 53.1 Å². The van der Waals surface area contributed by atoms with E-state index in [1.807, 2.05) is 11.8 Å². The first-order valence-electron chi connectivity index (χ1n) is 8.58. The number of hydrogen-bond donors (Lipinski definition) is 0. The van der Waals surface area contributed by atoms with Crippen LogP contribution in [0.25, 0.3) is 0 Å². The van der Waals surface area contributed by atoms with Crippen molar-refractivity contribution in [2.45, 2.75) is 70.0 Å². The Bertz CT molecular complexity index is 454. The number of benzene rings is 1. The van der Waals surface area contributed by atoms with E-state index in [2.05, 4.69) is 74.1 Å². The Morgan fingerprint density at radius 1 is 1.05 bits per heavy atom. The molecule has 122 valence electrons. The Morgan fingerprint density at radius 2 is 1.77 bits per heavy atom. The average molecular weight is 333 g/mol. The highest BCUT2D eigenvalue weighted by atomic mass is 32.2. The summed E-state index contributed by atoms with van der Waals surface area (Å²) >= 11 is 1.82. The van der Waals surface area contributed by atoms with E-state index in [4.69, 9.17) is 0 Å². The van der Waals surface area contributed by atoms with Gasteiger partial charge < -0.3 is 0 Å². The minimum absolute atomic E-state index is 1.12. The number of rotatable bonds is 10. The zero-order valence-corrected chi connectivity index (χ0v) is 16.6. The first kappa shape index (κ1) is 19.3. The van der Waals surface area contributed by atoms with Crippen LogP contribution in [-0.4, -0.2) is 8.07 Å². The van der Waals surface area contributed by atoms with Gasteiger partial charge in [0.05, 0.1) is 8.07 Å². The van der Waals surface area contributed by atoms with Crippen LogP contribution in [-0.2, 0) is 0 Å². The van der Waals surface area contributed by atoms with Gasteiger partial charge in [-0.3, -0.25) is 0 Å². The van der Waals surface area contributed by atoms with E-state index < -0.39 is 8.07 Å². The summed E-state index contributed by atoms with van der Waals surface area (Å²) in [5.74, 6) is 0. The molecule has 0 unspecified atom stereocenters. The number of thioether (sulfide) groups is 1. The molecular weight excluding hydrogens is 300 g/mol. The first-order valence-corrected chi connectivity index (χ1v) is 13.0. The summed E-state index contributed by atoms with van der Waals surface area (Å²) in [7, 11) is -1.12. The number of unbranched alkanes of at least 4 members (excludes halogenated alkanes) is 3. The third-order valence-electron chi connectivity index (χ3n) is 3.41. The molecule has 0 atom stereocenters. The van der Waals surface area contributed by atoms with Gasteiger partial charge in [0, 0.05) is 4.90 Å². The highest BCUT2D eigenvalue weighted by Crippen LogP contribution is 2.21. The molecule has 1 rings (SSSR count). The predicted molar refractivity (Wildman–Crippen MR) is 106 cm³/mol. The van der Waals surface area contributed by atoms with E-state index in [0.717, 1.165) is 6.42 Å². The molecule has 0 fully saturated rings. The second-order valence-corrected chi connectivity index (χ2v) is 13.0. The van der Waals surface area contributed by atoms with Crippen molar-refractivity contribution in [1.29, 1.82) is 0 Å². The molecule has 0 aliphatic carbocycles. The van der Waals surface area contributed by atoms with Crippen molar-refractivity contribution in [1.82, 2.24) is 0 Å². The Hall–Kier alpha value is -0.733. The molecule has 1 aromatic carbocycles. The van der Waals surface area contributed by atoms with Gasteiger partial charge in [-0.05, 0) is 36.8 Å². The molecule has 0 heterocycles. The van der Waals surface area contributed by atoms with Crippen molar-refractivity contribution in [3.63, 3.8) is 0 Å². The van der Waals surface area contributed by atoms with Crippen molar-refractivity contribution in [2.75, 3.05) is 0 Å². The van der Waals surface area contributed by atoms with E-state index in [0.29, 0.717) is 0 Å². The normalized spacial score (nSPS) is 13.0. The lowest BCUT2D eigenvalue weighted by Crippen LogP contribution is -2.16. The van der Waals surface area contributed by atoms with Gasteiger partial charge in [-0.25, -0.2) is 0 Å². The van der Waals surface area contributed by atoms with E-state index in [-0.39, 0.29) is 0 Å².